The van der Waals surface area contributed by atoms with Crippen LogP contribution in [-0.2, 0) is 10.1 Å². The van der Waals surface area contributed by atoms with Gasteiger partial charge in [-0.1, -0.05) is 58.3 Å². The van der Waals surface area contributed by atoms with Crippen LogP contribution in [0.4, 0.5) is 0 Å². The minimum atomic E-state index is -3.98. The Hall–Kier alpha value is -0.170. The number of aliphatic hydroxyl groups is 1. The standard InChI is InChI=1S/C17H37NO4S/c1-4-5-6-7-8-9-10-11-13-17(19,16(2,3)18)14-12-15-23(20,21)22/h19H,4-15,18H2,1-3H3,(H,20,21,22). The van der Waals surface area contributed by atoms with Gasteiger partial charge in [-0.25, -0.2) is 0 Å². The SMILES string of the molecule is CCCCCCCCCCC(O)(CCCS(=O)(=O)O)C(C)(C)N. The minimum Gasteiger partial charge on any atom is -0.388 e. The Bertz CT molecular complexity index is 403. The van der Waals surface area contributed by atoms with Crippen LogP contribution in [0.1, 0.15) is 91.4 Å². The van der Waals surface area contributed by atoms with Crippen LogP contribution in [0.5, 0.6) is 0 Å². The van der Waals surface area contributed by atoms with Gasteiger partial charge in [-0.15, -0.1) is 0 Å². The maximum absolute atomic E-state index is 10.8. The van der Waals surface area contributed by atoms with Crippen LogP contribution < -0.4 is 5.73 Å². The smallest absolute Gasteiger partial charge is 0.264 e. The Morgan fingerprint density at radius 3 is 1.74 bits per heavy atom. The normalized spacial score (nSPS) is 15.6. The molecule has 0 radical (unpaired) electrons. The summed E-state index contributed by atoms with van der Waals surface area (Å²) in [6, 6.07) is 0. The lowest BCUT2D eigenvalue weighted by Crippen LogP contribution is -2.56. The summed E-state index contributed by atoms with van der Waals surface area (Å²) in [6.07, 6.45) is 10.5. The number of rotatable bonds is 14. The molecule has 0 aromatic heterocycles. The van der Waals surface area contributed by atoms with Gasteiger partial charge >= 0.3 is 0 Å². The van der Waals surface area contributed by atoms with Crippen molar-refractivity contribution in [3.05, 3.63) is 0 Å². The zero-order chi connectivity index (χ0) is 18.0. The van der Waals surface area contributed by atoms with Crippen molar-refractivity contribution in [2.45, 2.75) is 103 Å². The maximum atomic E-state index is 10.8. The fourth-order valence-electron chi connectivity index (χ4n) is 2.87. The highest BCUT2D eigenvalue weighted by Crippen LogP contribution is 2.31. The molecule has 0 saturated heterocycles. The highest BCUT2D eigenvalue weighted by Gasteiger charge is 2.39. The van der Waals surface area contributed by atoms with Crippen LogP contribution in [0.25, 0.3) is 0 Å². The molecule has 6 heteroatoms. The third kappa shape index (κ3) is 11.1. The van der Waals surface area contributed by atoms with Crippen LogP contribution in [0, 0.1) is 0 Å². The van der Waals surface area contributed by atoms with Gasteiger partial charge in [0.1, 0.15) is 0 Å². The van der Waals surface area contributed by atoms with Crippen LogP contribution >= 0.6 is 0 Å². The fraction of sp³-hybridized carbons (Fsp3) is 1.00. The predicted octanol–water partition coefficient (Wildman–Crippen LogP) is 3.65. The van der Waals surface area contributed by atoms with Crippen molar-refractivity contribution in [1.82, 2.24) is 0 Å². The summed E-state index contributed by atoms with van der Waals surface area (Å²) < 4.78 is 30.4. The largest absolute Gasteiger partial charge is 0.388 e. The molecule has 0 aliphatic rings. The van der Waals surface area contributed by atoms with E-state index in [1.807, 2.05) is 0 Å². The highest BCUT2D eigenvalue weighted by molar-refractivity contribution is 7.85. The summed E-state index contributed by atoms with van der Waals surface area (Å²) >= 11 is 0. The molecule has 0 aromatic rings. The molecule has 0 rings (SSSR count). The molecule has 0 heterocycles. The first-order chi connectivity index (χ1) is 10.5. The summed E-state index contributed by atoms with van der Waals surface area (Å²) in [5, 5.41) is 10.8. The fourth-order valence-corrected chi connectivity index (χ4v) is 3.38. The topological polar surface area (TPSA) is 101 Å². The molecule has 0 bridgehead atoms. The van der Waals surface area contributed by atoms with Crippen molar-refractivity contribution in [2.75, 3.05) is 5.75 Å². The van der Waals surface area contributed by atoms with Crippen molar-refractivity contribution in [3.8, 4) is 0 Å². The van der Waals surface area contributed by atoms with Gasteiger partial charge in [0, 0.05) is 5.54 Å². The van der Waals surface area contributed by atoms with Crippen LogP contribution in [-0.4, -0.2) is 35.0 Å². The van der Waals surface area contributed by atoms with Crippen molar-refractivity contribution in [1.29, 1.82) is 0 Å². The van der Waals surface area contributed by atoms with Gasteiger partial charge in [0.2, 0.25) is 0 Å². The lowest BCUT2D eigenvalue weighted by atomic mass is 9.76. The summed E-state index contributed by atoms with van der Waals surface area (Å²) in [5.41, 5.74) is 4.20. The molecule has 0 aromatic carbocycles. The van der Waals surface area contributed by atoms with E-state index in [2.05, 4.69) is 6.92 Å². The average molecular weight is 352 g/mol. The first-order valence-electron chi connectivity index (χ1n) is 8.98. The van der Waals surface area contributed by atoms with E-state index < -0.39 is 21.3 Å². The van der Waals surface area contributed by atoms with Gasteiger partial charge < -0.3 is 10.8 Å². The van der Waals surface area contributed by atoms with Gasteiger partial charge in [-0.2, -0.15) is 8.42 Å². The number of unbranched alkanes of at least 4 members (excludes halogenated alkanes) is 7. The van der Waals surface area contributed by atoms with Crippen molar-refractivity contribution in [3.63, 3.8) is 0 Å². The molecule has 0 aliphatic heterocycles. The molecule has 23 heavy (non-hydrogen) atoms. The average Bonchev–Trinajstić information content (AvgIpc) is 2.39. The second-order valence-corrected chi connectivity index (χ2v) is 8.94. The number of hydrogen-bond acceptors (Lipinski definition) is 4. The summed E-state index contributed by atoms with van der Waals surface area (Å²) in [6.45, 7) is 5.74. The molecule has 0 fully saturated rings. The molecule has 1 atom stereocenters. The first kappa shape index (κ1) is 22.8. The van der Waals surface area contributed by atoms with Crippen molar-refractivity contribution in [2.24, 2.45) is 5.73 Å². The van der Waals surface area contributed by atoms with E-state index in [-0.39, 0.29) is 18.6 Å². The minimum absolute atomic E-state index is 0.215. The van der Waals surface area contributed by atoms with Crippen LogP contribution in [0.2, 0.25) is 0 Å². The second-order valence-electron chi connectivity index (χ2n) is 7.37. The van der Waals surface area contributed by atoms with Gasteiger partial charge in [-0.3, -0.25) is 4.55 Å². The van der Waals surface area contributed by atoms with Gasteiger partial charge in [0.15, 0.2) is 0 Å². The number of hydrogen-bond donors (Lipinski definition) is 3. The Kier molecular flexibility index (Phi) is 10.6. The van der Waals surface area contributed by atoms with E-state index in [0.29, 0.717) is 6.42 Å². The molecular weight excluding hydrogens is 314 g/mol. The van der Waals surface area contributed by atoms with E-state index in [1.54, 1.807) is 13.8 Å². The molecule has 4 N–H and O–H groups in total. The maximum Gasteiger partial charge on any atom is 0.264 e. The van der Waals surface area contributed by atoms with E-state index >= 15 is 0 Å². The molecular formula is C17H37NO4S. The van der Waals surface area contributed by atoms with Gasteiger partial charge in [-0.05, 0) is 33.1 Å². The highest BCUT2D eigenvalue weighted by atomic mass is 32.2. The summed E-state index contributed by atoms with van der Waals surface area (Å²) in [5.74, 6) is -0.331. The van der Waals surface area contributed by atoms with E-state index in [9.17, 15) is 13.5 Å². The Labute approximate surface area is 142 Å². The van der Waals surface area contributed by atoms with Crippen molar-refractivity contribution < 1.29 is 18.1 Å². The molecule has 0 saturated carbocycles. The molecule has 0 amide bonds. The first-order valence-corrected chi connectivity index (χ1v) is 10.6. The van der Waals surface area contributed by atoms with Crippen LogP contribution in [0.3, 0.4) is 0 Å². The molecule has 0 aliphatic carbocycles. The second kappa shape index (κ2) is 10.6. The molecule has 1 unspecified atom stereocenters. The Morgan fingerprint density at radius 1 is 0.870 bits per heavy atom. The van der Waals surface area contributed by atoms with E-state index in [0.717, 1.165) is 19.3 Å². The Balaban J connectivity index is 4.15. The summed E-state index contributed by atoms with van der Waals surface area (Å²) in [4.78, 5) is 0. The molecule has 140 valence electrons. The zero-order valence-electron chi connectivity index (χ0n) is 15.2. The van der Waals surface area contributed by atoms with E-state index in [1.165, 1.54) is 32.1 Å². The van der Waals surface area contributed by atoms with Crippen LogP contribution in [0.15, 0.2) is 0 Å². The molecule has 0 spiro atoms. The third-order valence-corrected chi connectivity index (χ3v) is 5.44. The Morgan fingerprint density at radius 2 is 1.30 bits per heavy atom. The lowest BCUT2D eigenvalue weighted by molar-refractivity contribution is -0.0385. The predicted molar refractivity (Wildman–Crippen MR) is 96.1 cm³/mol. The third-order valence-electron chi connectivity index (χ3n) is 4.64. The van der Waals surface area contributed by atoms with Gasteiger partial charge in [0.25, 0.3) is 10.1 Å². The quantitative estimate of drug-likeness (QED) is 0.327. The van der Waals surface area contributed by atoms with Gasteiger partial charge in [0.05, 0.1) is 11.4 Å². The van der Waals surface area contributed by atoms with Crippen molar-refractivity contribution >= 4 is 10.1 Å². The number of nitrogens with two attached hydrogens (primary N) is 1. The van der Waals surface area contributed by atoms with E-state index in [4.69, 9.17) is 10.3 Å². The monoisotopic (exact) mass is 351 g/mol. The molecule has 5 nitrogen and oxygen atoms in total. The zero-order valence-corrected chi connectivity index (χ0v) is 16.0. The summed E-state index contributed by atoms with van der Waals surface area (Å²) in [7, 11) is -3.98. The lowest BCUT2D eigenvalue weighted by Gasteiger charge is -2.40.